The minimum atomic E-state index is -0.116. The predicted octanol–water partition coefficient (Wildman–Crippen LogP) is 0.506. The maximum atomic E-state index is 11.2. The molecule has 3 heteroatoms. The number of pyridine rings is 1. The fourth-order valence-corrected chi connectivity index (χ4v) is 0.894. The zero-order valence-electron chi connectivity index (χ0n) is 6.50. The Morgan fingerprint density at radius 2 is 2.09 bits per heavy atom. The van der Waals surface area contributed by atoms with Gasteiger partial charge in [-0.25, -0.2) is 0 Å². The van der Waals surface area contributed by atoms with E-state index in [2.05, 4.69) is 0 Å². The van der Waals surface area contributed by atoms with Gasteiger partial charge in [-0.15, -0.1) is 0 Å². The van der Waals surface area contributed by atoms with E-state index in [-0.39, 0.29) is 5.56 Å². The number of aromatic nitrogens is 1. The van der Waals surface area contributed by atoms with Gasteiger partial charge < -0.3 is 4.57 Å². The molecule has 0 amide bonds. The number of carbonyl (C=O) groups is 1. The molecule has 1 aromatic rings. The summed E-state index contributed by atoms with van der Waals surface area (Å²) in [6, 6.07) is 3.27. The van der Waals surface area contributed by atoms with Crippen LogP contribution < -0.4 is 5.56 Å². The molecule has 0 aliphatic heterocycles. The molecule has 0 bridgehead atoms. The average Bonchev–Trinajstić information content (AvgIpc) is 2.01. The van der Waals surface area contributed by atoms with Crippen LogP contribution in [0.25, 0.3) is 0 Å². The van der Waals surface area contributed by atoms with Crippen LogP contribution in [0.4, 0.5) is 0 Å². The second-order valence-electron chi connectivity index (χ2n) is 2.42. The van der Waals surface area contributed by atoms with Crippen LogP contribution in [-0.2, 0) is 7.05 Å². The smallest absolute Gasteiger partial charge is 0.253 e. The van der Waals surface area contributed by atoms with E-state index in [1.165, 1.54) is 4.57 Å². The normalized spacial score (nSPS) is 9.64. The SMILES string of the molecule is Cc1ccc(C=O)n(C)c1=O. The number of aryl methyl sites for hydroxylation is 1. The molecule has 11 heavy (non-hydrogen) atoms. The highest BCUT2D eigenvalue weighted by Crippen LogP contribution is 1.92. The van der Waals surface area contributed by atoms with Crippen LogP contribution in [0, 0.1) is 6.92 Å². The minimum absolute atomic E-state index is 0.116. The van der Waals surface area contributed by atoms with Gasteiger partial charge in [0.1, 0.15) is 0 Å². The van der Waals surface area contributed by atoms with Gasteiger partial charge in [-0.1, -0.05) is 6.07 Å². The van der Waals surface area contributed by atoms with Crippen molar-refractivity contribution >= 4 is 6.29 Å². The van der Waals surface area contributed by atoms with Crippen LogP contribution in [0.1, 0.15) is 16.1 Å². The Morgan fingerprint density at radius 3 is 2.64 bits per heavy atom. The van der Waals surface area contributed by atoms with Crippen LogP contribution >= 0.6 is 0 Å². The van der Waals surface area contributed by atoms with Crippen molar-refractivity contribution in [2.45, 2.75) is 6.92 Å². The number of carbonyl (C=O) groups excluding carboxylic acids is 1. The van der Waals surface area contributed by atoms with Crippen LogP contribution in [0.2, 0.25) is 0 Å². The fraction of sp³-hybridized carbons (Fsp3) is 0.250. The van der Waals surface area contributed by atoms with Crippen molar-refractivity contribution in [3.8, 4) is 0 Å². The molecule has 1 heterocycles. The second-order valence-corrected chi connectivity index (χ2v) is 2.42. The number of aldehydes is 1. The van der Waals surface area contributed by atoms with Crippen molar-refractivity contribution in [1.29, 1.82) is 0 Å². The summed E-state index contributed by atoms with van der Waals surface area (Å²) in [5.41, 5.74) is 0.938. The summed E-state index contributed by atoms with van der Waals surface area (Å²) in [6.07, 6.45) is 0.668. The second kappa shape index (κ2) is 2.70. The summed E-state index contributed by atoms with van der Waals surface area (Å²) < 4.78 is 1.34. The summed E-state index contributed by atoms with van der Waals surface area (Å²) in [5.74, 6) is 0. The Hall–Kier alpha value is -1.38. The quantitative estimate of drug-likeness (QED) is 0.548. The van der Waals surface area contributed by atoms with Crippen molar-refractivity contribution in [2.24, 2.45) is 7.05 Å². The lowest BCUT2D eigenvalue weighted by atomic mass is 10.2. The van der Waals surface area contributed by atoms with Gasteiger partial charge in [0.2, 0.25) is 0 Å². The third-order valence-corrected chi connectivity index (χ3v) is 1.65. The van der Waals surface area contributed by atoms with E-state index >= 15 is 0 Å². The molecule has 0 aliphatic carbocycles. The van der Waals surface area contributed by atoms with Crippen molar-refractivity contribution in [3.63, 3.8) is 0 Å². The first kappa shape index (κ1) is 7.72. The molecular formula is C8H9NO2. The van der Waals surface area contributed by atoms with E-state index in [1.54, 1.807) is 26.1 Å². The average molecular weight is 151 g/mol. The van der Waals surface area contributed by atoms with Gasteiger partial charge in [0.05, 0.1) is 5.69 Å². The number of hydrogen-bond acceptors (Lipinski definition) is 2. The van der Waals surface area contributed by atoms with Crippen LogP contribution in [0.3, 0.4) is 0 Å². The van der Waals surface area contributed by atoms with E-state index in [0.29, 0.717) is 17.5 Å². The highest BCUT2D eigenvalue weighted by molar-refractivity contribution is 5.71. The monoisotopic (exact) mass is 151 g/mol. The molecule has 0 N–H and O–H groups in total. The largest absolute Gasteiger partial charge is 0.309 e. The molecule has 0 unspecified atom stereocenters. The van der Waals surface area contributed by atoms with Crippen molar-refractivity contribution in [3.05, 3.63) is 33.7 Å². The van der Waals surface area contributed by atoms with Gasteiger partial charge in [0.15, 0.2) is 6.29 Å². The Bertz CT molecular complexity index is 338. The lowest BCUT2D eigenvalue weighted by molar-refractivity contribution is 0.111. The molecule has 0 aromatic carbocycles. The van der Waals surface area contributed by atoms with Crippen molar-refractivity contribution < 1.29 is 4.79 Å². The van der Waals surface area contributed by atoms with E-state index in [9.17, 15) is 9.59 Å². The van der Waals surface area contributed by atoms with Gasteiger partial charge in [-0.3, -0.25) is 9.59 Å². The van der Waals surface area contributed by atoms with Gasteiger partial charge in [-0.2, -0.15) is 0 Å². The molecule has 0 radical (unpaired) electrons. The van der Waals surface area contributed by atoms with Crippen LogP contribution in [-0.4, -0.2) is 10.9 Å². The standard InChI is InChI=1S/C8H9NO2/c1-6-3-4-7(5-10)9(2)8(6)11/h3-5H,1-2H3. The lowest BCUT2D eigenvalue weighted by Crippen LogP contribution is -2.21. The van der Waals surface area contributed by atoms with Crippen LogP contribution in [0.5, 0.6) is 0 Å². The maximum Gasteiger partial charge on any atom is 0.253 e. The zero-order chi connectivity index (χ0) is 8.43. The molecule has 1 rings (SSSR count). The summed E-state index contributed by atoms with van der Waals surface area (Å²) in [5, 5.41) is 0. The van der Waals surface area contributed by atoms with Gasteiger partial charge in [0, 0.05) is 12.6 Å². The molecule has 0 atom stereocenters. The molecule has 0 saturated heterocycles. The Labute approximate surface area is 64.3 Å². The summed E-state index contributed by atoms with van der Waals surface area (Å²) in [4.78, 5) is 21.5. The van der Waals surface area contributed by atoms with Crippen molar-refractivity contribution in [2.75, 3.05) is 0 Å². The fourth-order valence-electron chi connectivity index (χ4n) is 0.894. The highest BCUT2D eigenvalue weighted by Gasteiger charge is 1.99. The first-order valence-electron chi connectivity index (χ1n) is 3.28. The molecule has 0 aliphatic rings. The Balaban J connectivity index is 3.49. The Morgan fingerprint density at radius 1 is 1.45 bits per heavy atom. The maximum absolute atomic E-state index is 11.2. The molecule has 58 valence electrons. The highest BCUT2D eigenvalue weighted by atomic mass is 16.1. The van der Waals surface area contributed by atoms with Crippen molar-refractivity contribution in [1.82, 2.24) is 4.57 Å². The summed E-state index contributed by atoms with van der Waals surface area (Å²) in [6.45, 7) is 1.72. The summed E-state index contributed by atoms with van der Waals surface area (Å²) >= 11 is 0. The molecule has 3 nitrogen and oxygen atoms in total. The van der Waals surface area contributed by atoms with Gasteiger partial charge >= 0.3 is 0 Å². The number of hydrogen-bond donors (Lipinski definition) is 0. The van der Waals surface area contributed by atoms with E-state index < -0.39 is 0 Å². The molecule has 0 fully saturated rings. The van der Waals surface area contributed by atoms with Crippen LogP contribution in [0.15, 0.2) is 16.9 Å². The first-order chi connectivity index (χ1) is 5.16. The topological polar surface area (TPSA) is 39.1 Å². The molecule has 0 saturated carbocycles. The third kappa shape index (κ3) is 1.22. The predicted molar refractivity (Wildman–Crippen MR) is 41.8 cm³/mol. The van der Waals surface area contributed by atoms with E-state index in [4.69, 9.17) is 0 Å². The van der Waals surface area contributed by atoms with Gasteiger partial charge in [0.25, 0.3) is 5.56 Å². The summed E-state index contributed by atoms with van der Waals surface area (Å²) in [7, 11) is 1.58. The van der Waals surface area contributed by atoms with Gasteiger partial charge in [-0.05, 0) is 13.0 Å². The molecule has 0 spiro atoms. The third-order valence-electron chi connectivity index (χ3n) is 1.65. The Kier molecular flexibility index (Phi) is 1.89. The first-order valence-corrected chi connectivity index (χ1v) is 3.28. The number of nitrogens with zero attached hydrogens (tertiary/aromatic N) is 1. The lowest BCUT2D eigenvalue weighted by Gasteiger charge is -2.01. The molecule has 1 aromatic heterocycles. The van der Waals surface area contributed by atoms with E-state index in [1.807, 2.05) is 0 Å². The minimum Gasteiger partial charge on any atom is -0.309 e. The number of rotatable bonds is 1. The zero-order valence-corrected chi connectivity index (χ0v) is 6.50. The van der Waals surface area contributed by atoms with E-state index in [0.717, 1.165) is 0 Å². The molecular weight excluding hydrogens is 142 g/mol.